The average molecular weight is 518 g/mol. The fraction of sp³-hybridized carbons (Fsp3) is 0.0435. The molecule has 1 saturated heterocycles. The van der Waals surface area contributed by atoms with Crippen molar-refractivity contribution in [3.05, 3.63) is 97.9 Å². The number of hydrogen-bond donors (Lipinski definition) is 1. The van der Waals surface area contributed by atoms with Crippen LogP contribution in [0, 0.1) is 0 Å². The Morgan fingerprint density at radius 3 is 2.39 bits per heavy atom. The van der Waals surface area contributed by atoms with Crippen molar-refractivity contribution in [2.24, 2.45) is 0 Å². The number of carbonyl (C=O) groups is 2. The smallest absolute Gasteiger partial charge is 0.282 e. The number of rotatable bonds is 5. The highest BCUT2D eigenvalue weighted by Gasteiger charge is 2.34. The van der Waals surface area contributed by atoms with E-state index in [1.165, 1.54) is 11.1 Å². The van der Waals surface area contributed by atoms with Gasteiger partial charge in [0.05, 0.1) is 15.2 Å². The summed E-state index contributed by atoms with van der Waals surface area (Å²) in [6, 6.07) is 19.6. The summed E-state index contributed by atoms with van der Waals surface area (Å²) in [6.45, 7) is 0.241. The molecule has 2 amide bonds. The van der Waals surface area contributed by atoms with Gasteiger partial charge in [-0.05, 0) is 57.9 Å². The predicted molar refractivity (Wildman–Crippen MR) is 125 cm³/mol. The number of carbonyl (C=O) groups excluding carboxylic acids is 2. The Kier molecular flexibility index (Phi) is 6.32. The third-order valence-corrected chi connectivity index (χ3v) is 5.81. The Labute approximate surface area is 197 Å². The number of nitrogens with one attached hydrogen (secondary N) is 1. The van der Waals surface area contributed by atoms with Crippen molar-refractivity contribution in [1.82, 2.24) is 5.43 Å². The Bertz CT molecular complexity index is 1180. The fourth-order valence-electron chi connectivity index (χ4n) is 3.05. The maximum atomic E-state index is 12.7. The first kappa shape index (κ1) is 21.4. The normalized spacial score (nSPS) is 14.8. The molecule has 1 heterocycles. The number of anilines is 1. The molecule has 1 aliphatic heterocycles. The summed E-state index contributed by atoms with van der Waals surface area (Å²) in [5.74, 6) is -0.487. The van der Waals surface area contributed by atoms with Crippen LogP contribution in [0.3, 0.4) is 0 Å². The quantitative estimate of drug-likeness (QED) is 0.344. The molecule has 31 heavy (non-hydrogen) atoms. The molecule has 0 atom stereocenters. The lowest BCUT2D eigenvalue weighted by molar-refractivity contribution is -0.117. The van der Waals surface area contributed by atoms with Crippen LogP contribution in [0.4, 0.5) is 5.69 Å². The summed E-state index contributed by atoms with van der Waals surface area (Å²) in [5, 5.41) is 2.15. The molecule has 0 aromatic heterocycles. The first-order chi connectivity index (χ1) is 14.9. The summed E-state index contributed by atoms with van der Waals surface area (Å²) in [7, 11) is 0. The molecule has 4 rings (SSSR count). The Balaban J connectivity index is 1.56. The van der Waals surface area contributed by atoms with Crippen molar-refractivity contribution in [1.29, 1.82) is 0 Å². The molecule has 8 heteroatoms. The number of halogens is 3. The average Bonchev–Trinajstić information content (AvgIpc) is 3.03. The summed E-state index contributed by atoms with van der Waals surface area (Å²) >= 11 is 16.0. The van der Waals surface area contributed by atoms with Crippen molar-refractivity contribution in [3.8, 4) is 5.75 Å². The Morgan fingerprint density at radius 2 is 1.68 bits per heavy atom. The largest absolute Gasteiger partial charge is 0.486 e. The molecule has 1 fully saturated rings. The highest BCUT2D eigenvalue weighted by molar-refractivity contribution is 9.10. The molecule has 1 aliphatic rings. The molecule has 0 aliphatic carbocycles. The molecule has 3 aromatic rings. The van der Waals surface area contributed by atoms with E-state index in [4.69, 9.17) is 27.9 Å². The number of hydrogen-bond acceptors (Lipinski definition) is 3. The van der Waals surface area contributed by atoms with Gasteiger partial charge in [0, 0.05) is 10.6 Å². The second-order valence-corrected chi connectivity index (χ2v) is 8.34. The molecule has 1 N–H and O–H groups in total. The topological polar surface area (TPSA) is 58.6 Å². The zero-order valence-electron chi connectivity index (χ0n) is 15.9. The van der Waals surface area contributed by atoms with Crippen LogP contribution in [0.1, 0.15) is 11.1 Å². The van der Waals surface area contributed by atoms with Crippen LogP contribution in [0.25, 0.3) is 6.08 Å². The number of ether oxygens (including phenoxy) is 1. The maximum absolute atomic E-state index is 12.7. The number of hydrazine groups is 1. The molecule has 0 radical (unpaired) electrons. The first-order valence-electron chi connectivity index (χ1n) is 9.21. The van der Waals surface area contributed by atoms with Crippen molar-refractivity contribution < 1.29 is 14.3 Å². The number of para-hydroxylation sites is 1. The Morgan fingerprint density at radius 1 is 0.968 bits per heavy atom. The van der Waals surface area contributed by atoms with E-state index < -0.39 is 11.8 Å². The molecule has 156 valence electrons. The summed E-state index contributed by atoms with van der Waals surface area (Å²) in [4.78, 5) is 25.1. The second kappa shape index (κ2) is 9.14. The molecule has 5 nitrogen and oxygen atoms in total. The molecule has 3 aromatic carbocycles. The zero-order chi connectivity index (χ0) is 22.0. The predicted octanol–water partition coefficient (Wildman–Crippen LogP) is 5.80. The minimum absolute atomic E-state index is 0.0107. The molecule has 0 saturated carbocycles. The number of nitrogens with zero attached hydrogens (tertiary/aromatic N) is 1. The van der Waals surface area contributed by atoms with Crippen molar-refractivity contribution in [2.45, 2.75) is 6.61 Å². The van der Waals surface area contributed by atoms with Crippen LogP contribution < -0.4 is 15.2 Å². The summed E-state index contributed by atoms with van der Waals surface area (Å²) < 4.78 is 6.43. The summed E-state index contributed by atoms with van der Waals surface area (Å²) in [5.41, 5.74) is 4.56. The highest BCUT2D eigenvalue weighted by Crippen LogP contribution is 2.36. The van der Waals surface area contributed by atoms with Crippen LogP contribution >= 0.6 is 39.1 Å². The fourth-order valence-corrected chi connectivity index (χ4v) is 4.23. The van der Waals surface area contributed by atoms with Gasteiger partial charge in [0.1, 0.15) is 12.2 Å². The monoisotopic (exact) mass is 516 g/mol. The second-order valence-electron chi connectivity index (χ2n) is 6.67. The van der Waals surface area contributed by atoms with Gasteiger partial charge in [0.25, 0.3) is 11.8 Å². The van der Waals surface area contributed by atoms with E-state index in [1.807, 2.05) is 24.3 Å². The van der Waals surface area contributed by atoms with Crippen LogP contribution in [-0.2, 0) is 16.2 Å². The standard InChI is InChI=1S/C23H15BrCl2N2O3/c24-18-11-14(12-20(26)21(18)31-13-15-6-4-5-9-19(15)25)10-17-22(29)27-28(23(17)30)16-7-2-1-3-8-16/h1-12H,13H2,(H,27,29)/b17-10-. The molecular weight excluding hydrogens is 503 g/mol. The molecule has 0 bridgehead atoms. The van der Waals surface area contributed by atoms with Gasteiger partial charge >= 0.3 is 0 Å². The minimum Gasteiger partial charge on any atom is -0.486 e. The van der Waals surface area contributed by atoms with Crippen molar-refractivity contribution >= 4 is 62.7 Å². The van der Waals surface area contributed by atoms with Crippen LogP contribution in [-0.4, -0.2) is 11.8 Å². The van der Waals surface area contributed by atoms with Gasteiger partial charge in [-0.1, -0.05) is 59.6 Å². The maximum Gasteiger partial charge on any atom is 0.282 e. The van der Waals surface area contributed by atoms with E-state index in [0.717, 1.165) is 5.56 Å². The first-order valence-corrected chi connectivity index (χ1v) is 10.8. The lowest BCUT2D eigenvalue weighted by atomic mass is 10.1. The highest BCUT2D eigenvalue weighted by atomic mass is 79.9. The van der Waals surface area contributed by atoms with Gasteiger partial charge in [0.15, 0.2) is 5.75 Å². The minimum atomic E-state index is -0.486. The van der Waals surface area contributed by atoms with E-state index >= 15 is 0 Å². The SMILES string of the molecule is O=C1NN(c2ccccc2)C(=O)/C1=C\c1cc(Cl)c(OCc2ccccc2Cl)c(Br)c1. The zero-order valence-corrected chi connectivity index (χ0v) is 19.0. The third-order valence-electron chi connectivity index (χ3n) is 4.57. The molecule has 0 unspecified atom stereocenters. The molecular formula is C23H15BrCl2N2O3. The van der Waals surface area contributed by atoms with Gasteiger partial charge < -0.3 is 4.74 Å². The van der Waals surface area contributed by atoms with E-state index in [9.17, 15) is 9.59 Å². The number of amides is 2. The van der Waals surface area contributed by atoms with Gasteiger partial charge in [-0.15, -0.1) is 0 Å². The summed E-state index contributed by atoms with van der Waals surface area (Å²) in [6.07, 6.45) is 1.50. The van der Waals surface area contributed by atoms with Gasteiger partial charge in [-0.3, -0.25) is 15.0 Å². The van der Waals surface area contributed by atoms with Gasteiger partial charge in [-0.2, -0.15) is 0 Å². The van der Waals surface area contributed by atoms with Gasteiger partial charge in [0.2, 0.25) is 0 Å². The van der Waals surface area contributed by atoms with E-state index in [2.05, 4.69) is 21.4 Å². The lowest BCUT2D eigenvalue weighted by Gasteiger charge is -2.14. The van der Waals surface area contributed by atoms with Crippen LogP contribution in [0.15, 0.2) is 76.8 Å². The molecule has 0 spiro atoms. The number of benzene rings is 3. The van der Waals surface area contributed by atoms with Crippen LogP contribution in [0.2, 0.25) is 10.0 Å². The van der Waals surface area contributed by atoms with Crippen LogP contribution in [0.5, 0.6) is 5.75 Å². The van der Waals surface area contributed by atoms with E-state index in [1.54, 1.807) is 42.5 Å². The van der Waals surface area contributed by atoms with Gasteiger partial charge in [-0.25, -0.2) is 5.01 Å². The lowest BCUT2D eigenvalue weighted by Crippen LogP contribution is -2.35. The van der Waals surface area contributed by atoms with Crippen molar-refractivity contribution in [2.75, 3.05) is 5.01 Å². The van der Waals surface area contributed by atoms with Crippen molar-refractivity contribution in [3.63, 3.8) is 0 Å². The third kappa shape index (κ3) is 4.61. The van der Waals surface area contributed by atoms with E-state index in [-0.39, 0.29) is 12.2 Å². The Hall–Kier alpha value is -2.80. The van der Waals surface area contributed by atoms with E-state index in [0.29, 0.717) is 31.5 Å².